The first-order valence-corrected chi connectivity index (χ1v) is 13.2. The molecular formula is C24H36N4S2. The van der Waals surface area contributed by atoms with E-state index in [4.69, 9.17) is 12.2 Å². The van der Waals surface area contributed by atoms with Gasteiger partial charge in [-0.1, -0.05) is 13.0 Å². The average molecular weight is 445 g/mol. The van der Waals surface area contributed by atoms with E-state index in [1.54, 1.807) is 5.56 Å². The molecule has 6 heteroatoms. The van der Waals surface area contributed by atoms with Crippen LogP contribution in [0, 0.1) is 6.92 Å². The van der Waals surface area contributed by atoms with Gasteiger partial charge in [-0.2, -0.15) is 0 Å². The van der Waals surface area contributed by atoms with E-state index < -0.39 is 0 Å². The number of thioether (sulfide) groups is 1. The summed E-state index contributed by atoms with van der Waals surface area (Å²) in [4.78, 5) is 4.98. The van der Waals surface area contributed by atoms with Crippen molar-refractivity contribution in [2.45, 2.75) is 70.4 Å². The number of hydrogen-bond acceptors (Lipinski definition) is 3. The lowest BCUT2D eigenvalue weighted by molar-refractivity contribution is 0.123. The van der Waals surface area contributed by atoms with Gasteiger partial charge in [-0.25, -0.2) is 4.68 Å². The van der Waals surface area contributed by atoms with Crippen LogP contribution in [0.2, 0.25) is 0 Å². The summed E-state index contributed by atoms with van der Waals surface area (Å²) in [7, 11) is 0. The van der Waals surface area contributed by atoms with Crippen molar-refractivity contribution >= 4 is 40.0 Å². The third-order valence-electron chi connectivity index (χ3n) is 6.97. The normalized spacial score (nSPS) is 21.0. The summed E-state index contributed by atoms with van der Waals surface area (Å²) in [6.07, 6.45) is 7.21. The minimum atomic E-state index is 0.632. The summed E-state index contributed by atoms with van der Waals surface area (Å²) in [6.45, 7) is 13.2. The number of fused-ring (bicyclic) bond motifs is 2. The highest BCUT2D eigenvalue weighted by Crippen LogP contribution is 2.47. The fourth-order valence-electron chi connectivity index (χ4n) is 5.67. The number of nitrogens with zero attached hydrogens (tertiary/aromatic N) is 3. The van der Waals surface area contributed by atoms with Crippen molar-refractivity contribution in [3.8, 4) is 0 Å². The van der Waals surface area contributed by atoms with E-state index in [1.165, 1.54) is 59.4 Å². The molecule has 1 aromatic carbocycles. The molecule has 0 amide bonds. The lowest BCUT2D eigenvalue weighted by Gasteiger charge is -2.44. The van der Waals surface area contributed by atoms with Gasteiger partial charge in [0.15, 0.2) is 5.11 Å². The molecule has 0 bridgehead atoms. The molecule has 4 rings (SSSR count). The highest BCUT2D eigenvalue weighted by molar-refractivity contribution is 7.98. The summed E-state index contributed by atoms with van der Waals surface area (Å²) in [5.74, 6) is 0.653. The second-order valence-corrected chi connectivity index (χ2v) is 9.90. The Morgan fingerprint density at radius 1 is 1.27 bits per heavy atom. The van der Waals surface area contributed by atoms with E-state index >= 15 is 0 Å². The Bertz CT molecular complexity index is 929. The van der Waals surface area contributed by atoms with Crippen LogP contribution in [0.25, 0.3) is 10.9 Å². The molecular weight excluding hydrogens is 408 g/mol. The minimum Gasteiger partial charge on any atom is -0.348 e. The molecule has 2 atom stereocenters. The Labute approximate surface area is 191 Å². The van der Waals surface area contributed by atoms with Crippen molar-refractivity contribution in [1.29, 1.82) is 0 Å². The topological polar surface area (TPSA) is 23.4 Å². The lowest BCUT2D eigenvalue weighted by atomic mass is 9.74. The van der Waals surface area contributed by atoms with Crippen LogP contribution >= 0.6 is 24.0 Å². The van der Waals surface area contributed by atoms with Gasteiger partial charge in [-0.15, -0.1) is 11.8 Å². The van der Waals surface area contributed by atoms with Crippen LogP contribution in [0.3, 0.4) is 0 Å². The Hall–Kier alpha value is -1.24. The number of piperidine rings is 1. The average Bonchev–Trinajstić information content (AvgIpc) is 3.02. The molecule has 2 aliphatic rings. The predicted octanol–water partition coefficient (Wildman–Crippen LogP) is 5.36. The summed E-state index contributed by atoms with van der Waals surface area (Å²) in [5.41, 5.74) is 9.33. The number of rotatable bonds is 6. The third-order valence-corrected chi connectivity index (χ3v) is 8.13. The number of aromatic nitrogens is 1. The predicted molar refractivity (Wildman–Crippen MR) is 135 cm³/mol. The first kappa shape index (κ1) is 22.0. The Kier molecular flexibility index (Phi) is 6.66. The molecule has 2 heterocycles. The number of hydrogen-bond donors (Lipinski definition) is 1. The van der Waals surface area contributed by atoms with Gasteiger partial charge < -0.3 is 4.90 Å². The van der Waals surface area contributed by atoms with Gasteiger partial charge in [-0.05, 0) is 101 Å². The van der Waals surface area contributed by atoms with E-state index in [0.717, 1.165) is 24.6 Å². The molecule has 1 saturated heterocycles. The summed E-state index contributed by atoms with van der Waals surface area (Å²) in [5, 5.41) is 3.62. The quantitative estimate of drug-likeness (QED) is 0.478. The zero-order valence-corrected chi connectivity index (χ0v) is 20.8. The highest BCUT2D eigenvalue weighted by Gasteiger charge is 2.39. The van der Waals surface area contributed by atoms with Crippen LogP contribution < -0.4 is 5.43 Å². The molecule has 1 aliphatic heterocycles. The van der Waals surface area contributed by atoms with Crippen molar-refractivity contribution in [3.63, 3.8) is 0 Å². The van der Waals surface area contributed by atoms with E-state index in [2.05, 4.69) is 66.0 Å². The fourth-order valence-corrected chi connectivity index (χ4v) is 6.78. The van der Waals surface area contributed by atoms with Gasteiger partial charge in [0.1, 0.15) is 0 Å². The molecule has 2 aromatic rings. The maximum Gasteiger partial charge on any atom is 0.188 e. The Morgan fingerprint density at radius 3 is 2.70 bits per heavy atom. The molecule has 0 spiro atoms. The SMILES string of the molecule is CCCN1CCC[C@@H]2c3cc(C)cc4c3c(c(SC)n4NC(=S)N(CC)CC)C[C@H]21. The highest BCUT2D eigenvalue weighted by atomic mass is 32.2. The van der Waals surface area contributed by atoms with Gasteiger partial charge in [-0.3, -0.25) is 10.3 Å². The molecule has 0 unspecified atom stereocenters. The molecule has 4 nitrogen and oxygen atoms in total. The maximum absolute atomic E-state index is 5.78. The number of nitrogens with one attached hydrogen (secondary N) is 1. The van der Waals surface area contributed by atoms with E-state index in [-0.39, 0.29) is 0 Å². The smallest absolute Gasteiger partial charge is 0.188 e. The van der Waals surface area contributed by atoms with E-state index in [1.807, 2.05) is 11.8 Å². The van der Waals surface area contributed by atoms with Crippen LogP contribution in [-0.2, 0) is 6.42 Å². The maximum atomic E-state index is 5.78. The number of thiocarbonyl (C=S) groups is 1. The van der Waals surface area contributed by atoms with Crippen molar-refractivity contribution in [2.75, 3.05) is 37.9 Å². The molecule has 30 heavy (non-hydrogen) atoms. The third kappa shape index (κ3) is 3.65. The zero-order valence-electron chi connectivity index (χ0n) is 19.1. The van der Waals surface area contributed by atoms with Gasteiger partial charge in [0.2, 0.25) is 0 Å². The van der Waals surface area contributed by atoms with Crippen molar-refractivity contribution < 1.29 is 0 Å². The molecule has 164 valence electrons. The summed E-state index contributed by atoms with van der Waals surface area (Å²) >= 11 is 7.63. The van der Waals surface area contributed by atoms with Gasteiger partial charge in [0.25, 0.3) is 0 Å². The monoisotopic (exact) mass is 444 g/mol. The molecule has 0 radical (unpaired) electrons. The van der Waals surface area contributed by atoms with Crippen LogP contribution in [0.15, 0.2) is 17.2 Å². The number of likely N-dealkylation sites (tertiary alicyclic amines) is 1. The second-order valence-electron chi connectivity index (χ2n) is 8.72. The molecule has 1 fully saturated rings. The first-order chi connectivity index (χ1) is 14.5. The van der Waals surface area contributed by atoms with E-state index in [0.29, 0.717) is 12.0 Å². The largest absolute Gasteiger partial charge is 0.348 e. The Balaban J connectivity index is 1.85. The molecule has 1 aromatic heterocycles. The minimum absolute atomic E-state index is 0.632. The van der Waals surface area contributed by atoms with E-state index in [9.17, 15) is 0 Å². The zero-order chi connectivity index (χ0) is 21.4. The van der Waals surface area contributed by atoms with Crippen LogP contribution in [0.1, 0.15) is 62.6 Å². The van der Waals surface area contributed by atoms with Crippen molar-refractivity contribution in [3.05, 3.63) is 28.8 Å². The molecule has 0 saturated carbocycles. The first-order valence-electron chi connectivity index (χ1n) is 11.6. The van der Waals surface area contributed by atoms with Gasteiger partial charge >= 0.3 is 0 Å². The van der Waals surface area contributed by atoms with Crippen LogP contribution in [0.5, 0.6) is 0 Å². The lowest BCUT2D eigenvalue weighted by Crippen LogP contribution is -2.47. The number of aryl methyl sites for hydroxylation is 1. The van der Waals surface area contributed by atoms with Gasteiger partial charge in [0, 0.05) is 30.4 Å². The number of benzene rings is 1. The van der Waals surface area contributed by atoms with Crippen molar-refractivity contribution in [2.24, 2.45) is 0 Å². The molecule has 1 aliphatic carbocycles. The van der Waals surface area contributed by atoms with Crippen LogP contribution in [0.4, 0.5) is 0 Å². The summed E-state index contributed by atoms with van der Waals surface area (Å²) in [6, 6.07) is 5.44. The van der Waals surface area contributed by atoms with Gasteiger partial charge in [0.05, 0.1) is 10.5 Å². The van der Waals surface area contributed by atoms with Crippen molar-refractivity contribution in [1.82, 2.24) is 14.5 Å². The summed E-state index contributed by atoms with van der Waals surface area (Å²) < 4.78 is 2.29. The van der Waals surface area contributed by atoms with Crippen LogP contribution in [-0.4, -0.2) is 58.1 Å². The second kappa shape index (κ2) is 9.09. The molecule has 1 N–H and O–H groups in total. The Morgan fingerprint density at radius 2 is 2.03 bits per heavy atom. The fraction of sp³-hybridized carbons (Fsp3) is 0.625. The standard InChI is InChI=1S/C24H36N4S2/c1-6-11-27-12-9-10-17-18-13-16(4)14-21-22(18)19(15-20(17)27)23(30-5)28(21)25-24(29)26(7-2)8-3/h13-14,17,20H,6-12,15H2,1-5H3,(H,25,29)/t17-,20-/m1/s1.